The van der Waals surface area contributed by atoms with Gasteiger partial charge in [0.25, 0.3) is 0 Å². The van der Waals surface area contributed by atoms with Gasteiger partial charge in [0.1, 0.15) is 0 Å². The van der Waals surface area contributed by atoms with Crippen LogP contribution in [0.25, 0.3) is 5.69 Å². The molecule has 0 amide bonds. The van der Waals surface area contributed by atoms with Crippen LogP contribution in [0.3, 0.4) is 0 Å². The van der Waals surface area contributed by atoms with Crippen LogP contribution in [0.1, 0.15) is 0 Å². The van der Waals surface area contributed by atoms with Gasteiger partial charge < -0.3 is 4.57 Å². The summed E-state index contributed by atoms with van der Waals surface area (Å²) in [5, 5.41) is 0. The molecule has 2 aromatic rings. The van der Waals surface area contributed by atoms with Crippen LogP contribution in [-0.2, 0) is 0 Å². The molecule has 2 rings (SSSR count). The van der Waals surface area contributed by atoms with E-state index < -0.39 is 5.95 Å². The number of pyridine rings is 1. The van der Waals surface area contributed by atoms with Gasteiger partial charge >= 0.3 is 0 Å². The molecule has 0 unspecified atom stereocenters. The van der Waals surface area contributed by atoms with E-state index in [1.807, 2.05) is 0 Å². The summed E-state index contributed by atoms with van der Waals surface area (Å²) >= 11 is 0. The van der Waals surface area contributed by atoms with Crippen LogP contribution in [0, 0.1) is 5.95 Å². The Labute approximate surface area is 68.5 Å². The van der Waals surface area contributed by atoms with E-state index in [1.54, 1.807) is 29.4 Å². The second-order valence-electron chi connectivity index (χ2n) is 2.31. The maximum Gasteiger partial charge on any atom is 0.214 e. The topological polar surface area (TPSA) is 30.7 Å². The molecule has 0 aromatic carbocycles. The lowest BCUT2D eigenvalue weighted by molar-refractivity contribution is 0.582. The average Bonchev–Trinajstić information content (AvgIpc) is 2.56. The van der Waals surface area contributed by atoms with Gasteiger partial charge in [-0.15, -0.1) is 0 Å². The molecule has 0 spiro atoms. The lowest BCUT2D eigenvalue weighted by Crippen LogP contribution is -1.91. The summed E-state index contributed by atoms with van der Waals surface area (Å²) in [4.78, 5) is 7.30. The molecule has 60 valence electrons. The summed E-state index contributed by atoms with van der Waals surface area (Å²) < 4.78 is 14.3. The van der Waals surface area contributed by atoms with Crippen molar-refractivity contribution in [3.8, 4) is 5.69 Å². The highest BCUT2D eigenvalue weighted by Crippen LogP contribution is 2.05. The largest absolute Gasteiger partial charge is 0.306 e. The zero-order valence-corrected chi connectivity index (χ0v) is 6.18. The predicted molar refractivity (Wildman–Crippen MR) is 41.3 cm³/mol. The van der Waals surface area contributed by atoms with Gasteiger partial charge in [-0.1, -0.05) is 0 Å². The molecule has 2 heterocycles. The molecule has 2 aromatic heterocycles. The molecular formula is C8H6FN3. The first-order valence-corrected chi connectivity index (χ1v) is 3.46. The Balaban J connectivity index is 2.48. The summed E-state index contributed by atoms with van der Waals surface area (Å²) in [7, 11) is 0. The Bertz CT molecular complexity index is 370. The third-order valence-corrected chi connectivity index (χ3v) is 1.51. The Hall–Kier alpha value is -1.71. The zero-order chi connectivity index (χ0) is 8.39. The molecule has 0 saturated carbocycles. The second kappa shape index (κ2) is 2.73. The predicted octanol–water partition coefficient (Wildman–Crippen LogP) is 1.41. The molecule has 0 bridgehead atoms. The van der Waals surface area contributed by atoms with E-state index in [9.17, 15) is 4.39 Å². The van der Waals surface area contributed by atoms with Crippen molar-refractivity contribution in [3.05, 3.63) is 43.0 Å². The monoisotopic (exact) mass is 163 g/mol. The molecule has 0 radical (unpaired) electrons. The number of aromatic nitrogens is 3. The van der Waals surface area contributed by atoms with Crippen molar-refractivity contribution < 1.29 is 4.39 Å². The highest BCUT2D eigenvalue weighted by molar-refractivity contribution is 5.28. The molecule has 0 fully saturated rings. The first kappa shape index (κ1) is 6.97. The van der Waals surface area contributed by atoms with Crippen molar-refractivity contribution in [1.82, 2.24) is 14.5 Å². The molecule has 12 heavy (non-hydrogen) atoms. The van der Waals surface area contributed by atoms with Gasteiger partial charge in [0, 0.05) is 24.7 Å². The summed E-state index contributed by atoms with van der Waals surface area (Å²) in [6.07, 6.45) is 6.41. The standard InChI is InChI=1S/C8H6FN3/c9-8-5-7(1-2-11-8)12-4-3-10-6-12/h1-6H. The Kier molecular flexibility index (Phi) is 1.59. The number of halogens is 1. The van der Waals surface area contributed by atoms with Crippen LogP contribution < -0.4 is 0 Å². The average molecular weight is 163 g/mol. The van der Waals surface area contributed by atoms with E-state index in [0.717, 1.165) is 5.69 Å². The molecule has 0 N–H and O–H groups in total. The van der Waals surface area contributed by atoms with Crippen molar-refractivity contribution in [3.63, 3.8) is 0 Å². The minimum absolute atomic E-state index is 0.485. The van der Waals surface area contributed by atoms with Gasteiger partial charge in [-0.05, 0) is 6.07 Å². The maximum atomic E-state index is 12.6. The highest BCUT2D eigenvalue weighted by Gasteiger charge is 1.96. The number of hydrogen-bond donors (Lipinski definition) is 0. The second-order valence-corrected chi connectivity index (χ2v) is 2.31. The molecule has 0 aliphatic rings. The molecule has 0 aliphatic carbocycles. The summed E-state index contributed by atoms with van der Waals surface area (Å²) in [6.45, 7) is 0. The first-order chi connectivity index (χ1) is 5.86. The summed E-state index contributed by atoms with van der Waals surface area (Å²) in [6, 6.07) is 3.06. The zero-order valence-electron chi connectivity index (χ0n) is 6.18. The van der Waals surface area contributed by atoms with Crippen LogP contribution >= 0.6 is 0 Å². The molecule has 3 nitrogen and oxygen atoms in total. The number of rotatable bonds is 1. The molecule has 0 atom stereocenters. The fraction of sp³-hybridized carbons (Fsp3) is 0. The van der Waals surface area contributed by atoms with Crippen LogP contribution in [0.5, 0.6) is 0 Å². The number of imidazole rings is 1. The minimum Gasteiger partial charge on any atom is -0.306 e. The number of nitrogens with zero attached hydrogens (tertiary/aromatic N) is 3. The van der Waals surface area contributed by atoms with Gasteiger partial charge in [-0.25, -0.2) is 9.97 Å². The van der Waals surface area contributed by atoms with Crippen molar-refractivity contribution in [2.45, 2.75) is 0 Å². The van der Waals surface area contributed by atoms with Crippen LogP contribution in [0.4, 0.5) is 4.39 Å². The van der Waals surface area contributed by atoms with Crippen molar-refractivity contribution in [2.24, 2.45) is 0 Å². The fourth-order valence-electron chi connectivity index (χ4n) is 0.965. The van der Waals surface area contributed by atoms with E-state index in [2.05, 4.69) is 9.97 Å². The van der Waals surface area contributed by atoms with E-state index in [-0.39, 0.29) is 0 Å². The quantitative estimate of drug-likeness (QED) is 0.595. The third kappa shape index (κ3) is 1.18. The van der Waals surface area contributed by atoms with E-state index in [0.29, 0.717) is 0 Å². The first-order valence-electron chi connectivity index (χ1n) is 3.46. The van der Waals surface area contributed by atoms with Crippen molar-refractivity contribution >= 4 is 0 Å². The molecular weight excluding hydrogens is 157 g/mol. The lowest BCUT2D eigenvalue weighted by atomic mass is 10.4. The van der Waals surface area contributed by atoms with Gasteiger partial charge in [-0.2, -0.15) is 4.39 Å². The Morgan fingerprint density at radius 2 is 2.25 bits per heavy atom. The van der Waals surface area contributed by atoms with Crippen LogP contribution in [-0.4, -0.2) is 14.5 Å². The van der Waals surface area contributed by atoms with Gasteiger partial charge in [0.05, 0.1) is 12.0 Å². The molecule has 4 heteroatoms. The minimum atomic E-state index is -0.485. The fourth-order valence-corrected chi connectivity index (χ4v) is 0.965. The van der Waals surface area contributed by atoms with Crippen LogP contribution in [0.2, 0.25) is 0 Å². The van der Waals surface area contributed by atoms with E-state index in [4.69, 9.17) is 0 Å². The molecule has 0 aliphatic heterocycles. The Morgan fingerprint density at radius 1 is 1.33 bits per heavy atom. The smallest absolute Gasteiger partial charge is 0.214 e. The van der Waals surface area contributed by atoms with Gasteiger partial charge in [-0.3, -0.25) is 0 Å². The van der Waals surface area contributed by atoms with Gasteiger partial charge in [0.15, 0.2) is 0 Å². The van der Waals surface area contributed by atoms with Gasteiger partial charge in [0.2, 0.25) is 5.95 Å². The summed E-state index contributed by atoms with van der Waals surface area (Å²) in [5.74, 6) is -0.485. The van der Waals surface area contributed by atoms with Crippen LogP contribution in [0.15, 0.2) is 37.1 Å². The maximum absolute atomic E-state index is 12.6. The molecule has 0 saturated heterocycles. The number of hydrogen-bond acceptors (Lipinski definition) is 2. The Morgan fingerprint density at radius 3 is 2.92 bits per heavy atom. The van der Waals surface area contributed by atoms with Crippen molar-refractivity contribution in [2.75, 3.05) is 0 Å². The lowest BCUT2D eigenvalue weighted by Gasteiger charge is -1.99. The highest BCUT2D eigenvalue weighted by atomic mass is 19.1. The van der Waals surface area contributed by atoms with E-state index >= 15 is 0 Å². The summed E-state index contributed by atoms with van der Waals surface area (Å²) in [5.41, 5.74) is 0.722. The normalized spacial score (nSPS) is 10.1. The SMILES string of the molecule is Fc1cc(-n2ccnc2)ccn1. The third-order valence-electron chi connectivity index (χ3n) is 1.51. The van der Waals surface area contributed by atoms with Crippen molar-refractivity contribution in [1.29, 1.82) is 0 Å². The van der Waals surface area contributed by atoms with E-state index in [1.165, 1.54) is 12.3 Å².